The van der Waals surface area contributed by atoms with E-state index in [4.69, 9.17) is 9.97 Å². The summed E-state index contributed by atoms with van der Waals surface area (Å²) in [6, 6.07) is 1.21. The van der Waals surface area contributed by atoms with Crippen molar-refractivity contribution in [2.24, 2.45) is 0 Å². The van der Waals surface area contributed by atoms with Crippen LogP contribution in [0.5, 0.6) is 0 Å². The van der Waals surface area contributed by atoms with Crippen molar-refractivity contribution in [3.63, 3.8) is 0 Å². The first kappa shape index (κ1) is 35.9. The Hall–Kier alpha value is -1.55. The predicted octanol–water partition coefficient (Wildman–Crippen LogP) is 5.48. The summed E-state index contributed by atoms with van der Waals surface area (Å²) >= 11 is 0. The van der Waals surface area contributed by atoms with E-state index in [1.54, 1.807) is 0 Å². The van der Waals surface area contributed by atoms with Gasteiger partial charge in [-0.3, -0.25) is 4.90 Å². The van der Waals surface area contributed by atoms with Crippen molar-refractivity contribution in [3.8, 4) is 0 Å². The highest BCUT2D eigenvalue weighted by atomic mass is 15.3. The van der Waals surface area contributed by atoms with E-state index in [0.717, 1.165) is 37.1 Å². The Balaban J connectivity index is 1.67. The van der Waals surface area contributed by atoms with Gasteiger partial charge in [-0.05, 0) is 121 Å². The summed E-state index contributed by atoms with van der Waals surface area (Å²) in [5.41, 5.74) is 0.542. The van der Waals surface area contributed by atoms with Gasteiger partial charge in [-0.2, -0.15) is 15.0 Å². The third-order valence-corrected chi connectivity index (χ3v) is 9.41. The van der Waals surface area contributed by atoms with Crippen LogP contribution in [0, 0.1) is 0 Å². The first-order valence-electron chi connectivity index (χ1n) is 16.8. The lowest BCUT2D eigenvalue weighted by Gasteiger charge is -2.51. The molecular weight excluding hydrogens is 534 g/mol. The number of aromatic nitrogens is 3. The third-order valence-electron chi connectivity index (χ3n) is 9.41. The van der Waals surface area contributed by atoms with E-state index in [2.05, 4.69) is 94.8 Å². The molecule has 1 atom stereocenters. The van der Waals surface area contributed by atoms with E-state index in [-0.39, 0.29) is 28.2 Å². The molecule has 1 aromatic rings. The molecule has 2 N–H and O–H groups in total. The maximum atomic E-state index is 4.96. The smallest absolute Gasteiger partial charge is 0.229 e. The van der Waals surface area contributed by atoms with Gasteiger partial charge in [0.2, 0.25) is 11.9 Å². The normalized spacial score (nSPS) is 22.6. The van der Waals surface area contributed by atoms with Crippen LogP contribution in [-0.2, 0) is 0 Å². The van der Waals surface area contributed by atoms with Crippen molar-refractivity contribution in [1.82, 2.24) is 35.4 Å². The Kier molecular flexibility index (Phi) is 11.6. The summed E-state index contributed by atoms with van der Waals surface area (Å²) in [4.78, 5) is 23.9. The number of piperidine rings is 2. The minimum Gasteiger partial charge on any atom is -0.347 e. The molecule has 0 radical (unpaired) electrons. The van der Waals surface area contributed by atoms with Crippen molar-refractivity contribution in [1.29, 1.82) is 0 Å². The predicted molar refractivity (Wildman–Crippen MR) is 183 cm³/mol. The zero-order chi connectivity index (χ0) is 32.4. The van der Waals surface area contributed by atoms with Crippen LogP contribution in [0.1, 0.15) is 126 Å². The van der Waals surface area contributed by atoms with Gasteiger partial charge in [-0.15, -0.1) is 0 Å². The van der Waals surface area contributed by atoms with Crippen LogP contribution in [0.25, 0.3) is 0 Å². The molecule has 43 heavy (non-hydrogen) atoms. The molecule has 2 fully saturated rings. The fourth-order valence-corrected chi connectivity index (χ4v) is 8.07. The minimum absolute atomic E-state index is 0.0788. The Bertz CT molecular complexity index is 974. The van der Waals surface area contributed by atoms with Crippen molar-refractivity contribution < 1.29 is 0 Å². The lowest BCUT2D eigenvalue weighted by atomic mass is 9.78. The van der Waals surface area contributed by atoms with Crippen LogP contribution >= 0.6 is 0 Å². The highest BCUT2D eigenvalue weighted by molar-refractivity contribution is 5.37. The molecule has 0 spiro atoms. The van der Waals surface area contributed by atoms with Crippen molar-refractivity contribution in [3.05, 3.63) is 5.82 Å². The quantitative estimate of drug-likeness (QED) is 0.286. The fraction of sp³-hybridized carbons (Fsp3) is 0.912. The molecule has 0 amide bonds. The molecule has 1 aromatic heterocycles. The van der Waals surface area contributed by atoms with Gasteiger partial charge in [0.15, 0.2) is 5.82 Å². The highest BCUT2D eigenvalue weighted by Crippen LogP contribution is 2.36. The van der Waals surface area contributed by atoms with Gasteiger partial charge in [0.25, 0.3) is 0 Å². The Morgan fingerprint density at radius 1 is 0.605 bits per heavy atom. The standard InChI is InChI=1S/C34H67N9/c1-25(28-35-29(40(10)11)37-30(36-28)41(12)13)43(27-23-33(6,7)39-34(8,9)24-27)20-18-16-15-17-19-42(14)26-21-31(2,3)38-32(4,5)22-26/h25-27,38-39H,15-24H2,1-14H3. The molecule has 2 aliphatic rings. The van der Waals surface area contributed by atoms with Crippen LogP contribution < -0.4 is 20.4 Å². The molecule has 3 rings (SSSR count). The minimum atomic E-state index is 0.0788. The first-order valence-corrected chi connectivity index (χ1v) is 16.8. The van der Waals surface area contributed by atoms with Gasteiger partial charge in [-0.1, -0.05) is 12.8 Å². The SMILES string of the molecule is CC(c1nc(N(C)C)nc(N(C)C)n1)N(CCCCCCN(C)C1CC(C)(C)NC(C)(C)C1)C1CC(C)(C)NC(C)(C)C1. The van der Waals surface area contributed by atoms with Crippen molar-refractivity contribution >= 4 is 11.9 Å². The molecule has 248 valence electrons. The van der Waals surface area contributed by atoms with Crippen LogP contribution in [0.15, 0.2) is 0 Å². The number of unbranched alkanes of at least 4 members (excludes halogenated alkanes) is 3. The molecular formula is C34H67N9. The molecule has 0 bridgehead atoms. The second-order valence-electron chi connectivity index (χ2n) is 16.8. The van der Waals surface area contributed by atoms with Gasteiger partial charge < -0.3 is 25.3 Å². The molecule has 9 heteroatoms. The van der Waals surface area contributed by atoms with Crippen molar-refractivity contribution in [2.75, 3.05) is 58.1 Å². The van der Waals surface area contributed by atoms with Gasteiger partial charge in [0, 0.05) is 62.4 Å². The summed E-state index contributed by atoms with van der Waals surface area (Å²) in [5, 5.41) is 7.72. The van der Waals surface area contributed by atoms with E-state index < -0.39 is 0 Å². The van der Waals surface area contributed by atoms with Crippen LogP contribution in [0.3, 0.4) is 0 Å². The van der Waals surface area contributed by atoms with E-state index in [1.807, 2.05) is 38.0 Å². The zero-order valence-electron chi connectivity index (χ0n) is 30.4. The van der Waals surface area contributed by atoms with Gasteiger partial charge in [0.05, 0.1) is 6.04 Å². The van der Waals surface area contributed by atoms with Gasteiger partial charge in [-0.25, -0.2) is 0 Å². The molecule has 0 saturated carbocycles. The molecule has 0 aliphatic carbocycles. The average Bonchev–Trinajstić information content (AvgIpc) is 2.83. The van der Waals surface area contributed by atoms with Crippen LogP contribution in [0.4, 0.5) is 11.9 Å². The fourth-order valence-electron chi connectivity index (χ4n) is 8.07. The van der Waals surface area contributed by atoms with E-state index in [0.29, 0.717) is 12.1 Å². The second-order valence-corrected chi connectivity index (χ2v) is 16.8. The number of nitrogens with one attached hydrogen (secondary N) is 2. The number of nitrogens with zero attached hydrogens (tertiary/aromatic N) is 7. The summed E-state index contributed by atoms with van der Waals surface area (Å²) < 4.78 is 0. The molecule has 9 nitrogen and oxygen atoms in total. The highest BCUT2D eigenvalue weighted by Gasteiger charge is 2.42. The van der Waals surface area contributed by atoms with Crippen LogP contribution in [-0.4, -0.2) is 107 Å². The van der Waals surface area contributed by atoms with E-state index in [1.165, 1.54) is 45.1 Å². The summed E-state index contributed by atoms with van der Waals surface area (Å²) in [6.45, 7) is 23.3. The van der Waals surface area contributed by atoms with E-state index in [9.17, 15) is 0 Å². The second kappa shape index (κ2) is 13.8. The molecule has 2 aliphatic heterocycles. The molecule has 1 unspecified atom stereocenters. The Morgan fingerprint density at radius 2 is 1.00 bits per heavy atom. The molecule has 2 saturated heterocycles. The van der Waals surface area contributed by atoms with Gasteiger partial charge >= 0.3 is 0 Å². The summed E-state index contributed by atoms with van der Waals surface area (Å²) in [5.74, 6) is 2.30. The monoisotopic (exact) mass is 602 g/mol. The summed E-state index contributed by atoms with van der Waals surface area (Å²) in [7, 11) is 10.4. The lowest BCUT2D eigenvalue weighted by Crippen LogP contribution is -2.62. The largest absolute Gasteiger partial charge is 0.347 e. The number of anilines is 2. The van der Waals surface area contributed by atoms with Crippen molar-refractivity contribution in [2.45, 2.75) is 154 Å². The average molecular weight is 602 g/mol. The Morgan fingerprint density at radius 3 is 1.42 bits per heavy atom. The molecule has 3 heterocycles. The number of hydrogen-bond acceptors (Lipinski definition) is 9. The maximum absolute atomic E-state index is 4.96. The Labute approximate surface area is 265 Å². The van der Waals surface area contributed by atoms with E-state index >= 15 is 0 Å². The lowest BCUT2D eigenvalue weighted by molar-refractivity contribution is 0.0391. The number of hydrogen-bond donors (Lipinski definition) is 2. The molecule has 0 aromatic carbocycles. The summed E-state index contributed by atoms with van der Waals surface area (Å²) in [6.07, 6.45) is 9.63. The first-order chi connectivity index (χ1) is 19.7. The maximum Gasteiger partial charge on any atom is 0.229 e. The third kappa shape index (κ3) is 10.5. The zero-order valence-corrected chi connectivity index (χ0v) is 30.4. The number of rotatable bonds is 13. The van der Waals surface area contributed by atoms with Crippen LogP contribution in [0.2, 0.25) is 0 Å². The topological polar surface area (TPSA) is 75.7 Å². The van der Waals surface area contributed by atoms with Gasteiger partial charge in [0.1, 0.15) is 0 Å².